The molecule has 0 aliphatic heterocycles. The molecule has 0 fully saturated rings. The smallest absolute Gasteiger partial charge is 0.332 e. The minimum atomic E-state index is -0.438. The molecule has 0 saturated heterocycles. The van der Waals surface area contributed by atoms with Crippen molar-refractivity contribution in [3.05, 3.63) is 41.5 Å². The van der Waals surface area contributed by atoms with Crippen LogP contribution in [-0.4, -0.2) is 13.1 Å². The lowest BCUT2D eigenvalue weighted by Gasteiger charge is -2.02. The summed E-state index contributed by atoms with van der Waals surface area (Å²) in [5, 5.41) is 0. The molecule has 2 N–H and O–H groups in total. The van der Waals surface area contributed by atoms with Crippen molar-refractivity contribution < 1.29 is 9.53 Å². The Balaban J connectivity index is 2.87. The maximum Gasteiger partial charge on any atom is 0.332 e. The van der Waals surface area contributed by atoms with Crippen molar-refractivity contribution in [1.82, 2.24) is 0 Å². The van der Waals surface area contributed by atoms with Crippen molar-refractivity contribution in [1.29, 1.82) is 0 Å². The number of nitrogens with two attached hydrogens (primary N) is 1. The predicted octanol–water partition coefficient (Wildman–Crippen LogP) is 1.72. The summed E-state index contributed by atoms with van der Waals surface area (Å²) in [6.45, 7) is 2.09. The van der Waals surface area contributed by atoms with E-state index in [-0.39, 0.29) is 0 Å². The van der Waals surface area contributed by atoms with Gasteiger partial charge in [-0.25, -0.2) is 4.79 Å². The van der Waals surface area contributed by atoms with E-state index in [2.05, 4.69) is 11.7 Å². The molecule has 0 radical (unpaired) electrons. The number of esters is 1. The molecule has 0 aromatic heterocycles. The van der Waals surface area contributed by atoms with Crippen molar-refractivity contribution in [3.63, 3.8) is 0 Å². The van der Waals surface area contributed by atoms with Crippen molar-refractivity contribution in [2.45, 2.75) is 13.3 Å². The van der Waals surface area contributed by atoms with Crippen molar-refractivity contribution >= 4 is 11.7 Å². The van der Waals surface area contributed by atoms with Crippen molar-refractivity contribution in [2.24, 2.45) is 5.73 Å². The zero-order valence-corrected chi connectivity index (χ0v) is 8.99. The van der Waals surface area contributed by atoms with Gasteiger partial charge in [-0.15, -0.1) is 0 Å². The number of carbonyl (C=O) groups is 1. The van der Waals surface area contributed by atoms with Gasteiger partial charge in [-0.1, -0.05) is 31.2 Å². The fourth-order valence-electron chi connectivity index (χ4n) is 1.20. The van der Waals surface area contributed by atoms with Crippen LogP contribution in [0.3, 0.4) is 0 Å². The number of aryl methyl sites for hydroxylation is 1. The Kier molecular flexibility index (Phi) is 3.92. The van der Waals surface area contributed by atoms with Crippen LogP contribution in [0.4, 0.5) is 0 Å². The minimum Gasteiger partial charge on any atom is -0.466 e. The Labute approximate surface area is 89.5 Å². The summed E-state index contributed by atoms with van der Waals surface area (Å²) in [6.07, 6.45) is 2.27. The van der Waals surface area contributed by atoms with Gasteiger partial charge in [0.1, 0.15) is 0 Å². The highest BCUT2D eigenvalue weighted by molar-refractivity contribution is 5.90. The molecular weight excluding hydrogens is 190 g/mol. The van der Waals surface area contributed by atoms with E-state index in [4.69, 9.17) is 5.73 Å². The van der Waals surface area contributed by atoms with E-state index in [9.17, 15) is 4.79 Å². The summed E-state index contributed by atoms with van der Waals surface area (Å²) >= 11 is 0. The van der Waals surface area contributed by atoms with Crippen LogP contribution < -0.4 is 5.73 Å². The van der Waals surface area contributed by atoms with Crippen molar-refractivity contribution in [2.75, 3.05) is 7.11 Å². The first-order valence-corrected chi connectivity index (χ1v) is 4.81. The standard InChI is InChI=1S/C12H15NO2/c1-3-9-4-6-10(7-5-9)11(13)8-12(14)15-2/h4-8H,3,13H2,1-2H3/b11-8+. The SMILES string of the molecule is CCc1ccc(/C(N)=C\C(=O)OC)cc1. The zero-order valence-electron chi connectivity index (χ0n) is 8.99. The molecule has 0 spiro atoms. The average molecular weight is 205 g/mol. The van der Waals surface area contributed by atoms with Crippen LogP contribution >= 0.6 is 0 Å². The largest absolute Gasteiger partial charge is 0.466 e. The van der Waals surface area contributed by atoms with Gasteiger partial charge < -0.3 is 10.5 Å². The summed E-state index contributed by atoms with van der Waals surface area (Å²) in [4.78, 5) is 10.9. The van der Waals surface area contributed by atoms with Gasteiger partial charge in [0.2, 0.25) is 0 Å². The Hall–Kier alpha value is -1.77. The Morgan fingerprint density at radius 2 is 2.00 bits per heavy atom. The number of benzene rings is 1. The molecule has 15 heavy (non-hydrogen) atoms. The van der Waals surface area contributed by atoms with Gasteiger partial charge in [0.25, 0.3) is 0 Å². The number of rotatable bonds is 3. The quantitative estimate of drug-likeness (QED) is 0.604. The summed E-state index contributed by atoms with van der Waals surface area (Å²) in [5.41, 5.74) is 8.22. The van der Waals surface area contributed by atoms with Gasteiger partial charge in [0.15, 0.2) is 0 Å². The first-order valence-electron chi connectivity index (χ1n) is 4.81. The van der Waals surface area contributed by atoms with E-state index in [1.54, 1.807) is 0 Å². The molecule has 0 saturated carbocycles. The summed E-state index contributed by atoms with van der Waals surface area (Å²) in [5.74, 6) is -0.438. The fraction of sp³-hybridized carbons (Fsp3) is 0.250. The van der Waals surface area contributed by atoms with E-state index in [0.717, 1.165) is 12.0 Å². The first kappa shape index (κ1) is 11.3. The lowest BCUT2D eigenvalue weighted by Crippen LogP contribution is -2.03. The molecule has 0 unspecified atom stereocenters. The van der Waals surface area contributed by atoms with Crippen LogP contribution in [0.5, 0.6) is 0 Å². The van der Waals surface area contributed by atoms with Gasteiger partial charge >= 0.3 is 5.97 Å². The number of methoxy groups -OCH3 is 1. The molecular formula is C12H15NO2. The molecule has 3 heteroatoms. The second-order valence-corrected chi connectivity index (χ2v) is 3.17. The second kappa shape index (κ2) is 5.20. The minimum absolute atomic E-state index is 0.421. The van der Waals surface area contributed by atoms with Gasteiger partial charge in [0.05, 0.1) is 7.11 Å². The van der Waals surface area contributed by atoms with E-state index in [1.165, 1.54) is 18.7 Å². The van der Waals surface area contributed by atoms with E-state index >= 15 is 0 Å². The predicted molar refractivity (Wildman–Crippen MR) is 60.0 cm³/mol. The molecule has 0 bridgehead atoms. The maximum absolute atomic E-state index is 10.9. The monoisotopic (exact) mass is 205 g/mol. The normalized spacial score (nSPS) is 11.2. The molecule has 0 atom stereocenters. The van der Waals surface area contributed by atoms with Crippen molar-refractivity contribution in [3.8, 4) is 0 Å². The third kappa shape index (κ3) is 3.13. The van der Waals surface area contributed by atoms with Gasteiger partial charge in [-0.2, -0.15) is 0 Å². The molecule has 0 amide bonds. The number of carbonyl (C=O) groups excluding carboxylic acids is 1. The molecule has 0 aliphatic carbocycles. The fourth-order valence-corrected chi connectivity index (χ4v) is 1.20. The van der Waals surface area contributed by atoms with Crippen LogP contribution in [0.1, 0.15) is 18.1 Å². The van der Waals surface area contributed by atoms with Crippen LogP contribution in [0.2, 0.25) is 0 Å². The van der Waals surface area contributed by atoms with Crippen LogP contribution in [0.15, 0.2) is 30.3 Å². The zero-order chi connectivity index (χ0) is 11.3. The number of ether oxygens (including phenoxy) is 1. The van der Waals surface area contributed by atoms with Gasteiger partial charge in [-0.05, 0) is 17.5 Å². The lowest BCUT2D eigenvalue weighted by atomic mass is 10.1. The molecule has 80 valence electrons. The molecule has 1 aromatic rings. The summed E-state index contributed by atoms with van der Waals surface area (Å²) in [6, 6.07) is 7.78. The van der Waals surface area contributed by atoms with E-state index < -0.39 is 5.97 Å². The summed E-state index contributed by atoms with van der Waals surface area (Å²) in [7, 11) is 1.33. The topological polar surface area (TPSA) is 52.3 Å². The van der Waals surface area contributed by atoms with E-state index in [0.29, 0.717) is 5.70 Å². The summed E-state index contributed by atoms with van der Waals surface area (Å²) < 4.78 is 4.49. The van der Waals surface area contributed by atoms with E-state index in [1.807, 2.05) is 24.3 Å². The lowest BCUT2D eigenvalue weighted by molar-refractivity contribution is -0.134. The Morgan fingerprint density at radius 1 is 1.40 bits per heavy atom. The highest BCUT2D eigenvalue weighted by Gasteiger charge is 2.00. The van der Waals surface area contributed by atoms with Gasteiger partial charge in [0, 0.05) is 11.8 Å². The Morgan fingerprint density at radius 3 is 2.47 bits per heavy atom. The third-order valence-corrected chi connectivity index (χ3v) is 2.17. The number of hydrogen-bond acceptors (Lipinski definition) is 3. The van der Waals surface area contributed by atoms with Crippen LogP contribution in [0.25, 0.3) is 5.70 Å². The maximum atomic E-state index is 10.9. The average Bonchev–Trinajstić information content (AvgIpc) is 2.29. The first-order chi connectivity index (χ1) is 7.17. The second-order valence-electron chi connectivity index (χ2n) is 3.17. The number of hydrogen-bond donors (Lipinski definition) is 1. The molecule has 3 nitrogen and oxygen atoms in total. The Bertz CT molecular complexity index is 366. The highest BCUT2D eigenvalue weighted by Crippen LogP contribution is 2.11. The highest BCUT2D eigenvalue weighted by atomic mass is 16.5. The van der Waals surface area contributed by atoms with Crippen LogP contribution in [0, 0.1) is 0 Å². The van der Waals surface area contributed by atoms with Crippen LogP contribution in [-0.2, 0) is 16.0 Å². The third-order valence-electron chi connectivity index (χ3n) is 2.17. The molecule has 0 aliphatic rings. The molecule has 1 aromatic carbocycles. The molecule has 0 heterocycles. The molecule has 1 rings (SSSR count). The van der Waals surface area contributed by atoms with Gasteiger partial charge in [-0.3, -0.25) is 0 Å².